The van der Waals surface area contributed by atoms with Gasteiger partial charge in [-0.2, -0.15) is 0 Å². The molecule has 2 unspecified atom stereocenters. The molecule has 0 fully saturated rings. The summed E-state index contributed by atoms with van der Waals surface area (Å²) in [4.78, 5) is 25.7. The SMILES string of the molecule is CCCCC/C=C\C/C=C\CCCCCCCC(=O)C(O)(C(=O)CCCCCCC/C=C\CCCCCCCC)C(O)CO. The average Bonchev–Trinajstić information content (AvgIpc) is 3.03. The number of rotatable bonds is 33. The number of aliphatic hydroxyl groups is 3. The van der Waals surface area contributed by atoms with Crippen molar-refractivity contribution in [1.29, 1.82) is 0 Å². The van der Waals surface area contributed by atoms with Crippen LogP contribution in [0.1, 0.15) is 181 Å². The normalized spacial score (nSPS) is 14.2. The predicted octanol–water partition coefficient (Wildman–Crippen LogP) is 10.1. The number of allylic oxidation sites excluding steroid dienone is 6. The number of ketones is 2. The number of hydrogen-bond acceptors (Lipinski definition) is 5. The molecule has 0 spiro atoms. The van der Waals surface area contributed by atoms with Gasteiger partial charge in [-0.15, -0.1) is 0 Å². The smallest absolute Gasteiger partial charge is 0.209 e. The first-order valence-corrected chi connectivity index (χ1v) is 18.5. The van der Waals surface area contributed by atoms with Gasteiger partial charge in [0.1, 0.15) is 6.10 Å². The second kappa shape index (κ2) is 31.4. The molecular weight excluding hydrogens is 548 g/mol. The van der Waals surface area contributed by atoms with E-state index in [2.05, 4.69) is 50.3 Å². The Morgan fingerprint density at radius 1 is 0.523 bits per heavy atom. The Kier molecular flexibility index (Phi) is 30.3. The van der Waals surface area contributed by atoms with Crippen LogP contribution in [0.25, 0.3) is 0 Å². The third kappa shape index (κ3) is 22.9. The minimum atomic E-state index is -2.50. The molecule has 0 aromatic rings. The Morgan fingerprint density at radius 3 is 1.25 bits per heavy atom. The lowest BCUT2D eigenvalue weighted by molar-refractivity contribution is -0.166. The van der Waals surface area contributed by atoms with Gasteiger partial charge in [-0.3, -0.25) is 9.59 Å². The summed E-state index contributed by atoms with van der Waals surface area (Å²) in [5.74, 6) is -1.33. The molecule has 0 rings (SSSR count). The zero-order valence-corrected chi connectivity index (χ0v) is 28.8. The van der Waals surface area contributed by atoms with Gasteiger partial charge in [0.15, 0.2) is 11.6 Å². The molecule has 5 nitrogen and oxygen atoms in total. The van der Waals surface area contributed by atoms with Gasteiger partial charge in [0, 0.05) is 12.8 Å². The number of aliphatic hydroxyl groups excluding tert-OH is 2. The van der Waals surface area contributed by atoms with Crippen molar-refractivity contribution in [3.05, 3.63) is 36.5 Å². The van der Waals surface area contributed by atoms with Gasteiger partial charge >= 0.3 is 0 Å². The third-order valence-corrected chi connectivity index (χ3v) is 8.53. The van der Waals surface area contributed by atoms with E-state index in [4.69, 9.17) is 0 Å². The van der Waals surface area contributed by atoms with Crippen LogP contribution >= 0.6 is 0 Å². The molecule has 0 aliphatic heterocycles. The zero-order valence-electron chi connectivity index (χ0n) is 28.8. The minimum absolute atomic E-state index is 0.0379. The zero-order chi connectivity index (χ0) is 32.6. The van der Waals surface area contributed by atoms with E-state index in [1.165, 1.54) is 70.6 Å². The Hall–Kier alpha value is -1.56. The maximum atomic E-state index is 12.8. The fourth-order valence-corrected chi connectivity index (χ4v) is 5.49. The van der Waals surface area contributed by atoms with Gasteiger partial charge in [0.25, 0.3) is 0 Å². The summed E-state index contributed by atoms with van der Waals surface area (Å²) in [5, 5.41) is 30.6. The maximum absolute atomic E-state index is 12.8. The summed E-state index contributed by atoms with van der Waals surface area (Å²) in [7, 11) is 0. The number of carbonyl (C=O) groups excluding carboxylic acids is 2. The van der Waals surface area contributed by atoms with E-state index in [0.29, 0.717) is 12.8 Å². The molecule has 0 aliphatic rings. The van der Waals surface area contributed by atoms with E-state index in [9.17, 15) is 24.9 Å². The van der Waals surface area contributed by atoms with Crippen LogP contribution in [-0.2, 0) is 9.59 Å². The van der Waals surface area contributed by atoms with Crippen LogP contribution in [0.5, 0.6) is 0 Å². The first-order chi connectivity index (χ1) is 21.4. The average molecular weight is 619 g/mol. The lowest BCUT2D eigenvalue weighted by atomic mass is 9.82. The van der Waals surface area contributed by atoms with Crippen LogP contribution in [0.4, 0.5) is 0 Å². The van der Waals surface area contributed by atoms with Crippen molar-refractivity contribution in [3.63, 3.8) is 0 Å². The van der Waals surface area contributed by atoms with Gasteiger partial charge in [-0.05, 0) is 70.6 Å². The quantitative estimate of drug-likeness (QED) is 0.0386. The maximum Gasteiger partial charge on any atom is 0.209 e. The topological polar surface area (TPSA) is 94.8 Å². The molecule has 0 amide bonds. The number of unbranched alkanes of at least 4 members (excludes halogenated alkanes) is 19. The Morgan fingerprint density at radius 2 is 0.841 bits per heavy atom. The van der Waals surface area contributed by atoms with E-state index >= 15 is 0 Å². The molecule has 0 radical (unpaired) electrons. The van der Waals surface area contributed by atoms with Crippen LogP contribution in [0, 0.1) is 0 Å². The highest BCUT2D eigenvalue weighted by molar-refractivity contribution is 6.10. The van der Waals surface area contributed by atoms with E-state index in [1.54, 1.807) is 0 Å². The van der Waals surface area contributed by atoms with Crippen molar-refractivity contribution in [1.82, 2.24) is 0 Å². The molecule has 0 bridgehead atoms. The Balaban J connectivity index is 4.06. The van der Waals surface area contributed by atoms with Crippen molar-refractivity contribution in [3.8, 4) is 0 Å². The second-order valence-electron chi connectivity index (χ2n) is 12.6. The number of Topliss-reactive ketones (excluding diaryl/α,β-unsaturated/α-hetero) is 2. The summed E-state index contributed by atoms with van der Waals surface area (Å²) in [5.41, 5.74) is -2.50. The van der Waals surface area contributed by atoms with E-state index in [1.807, 2.05) is 0 Å². The van der Waals surface area contributed by atoms with Gasteiger partial charge in [0.05, 0.1) is 6.61 Å². The van der Waals surface area contributed by atoms with Crippen LogP contribution in [0.2, 0.25) is 0 Å². The summed E-state index contributed by atoms with van der Waals surface area (Å²) >= 11 is 0. The largest absolute Gasteiger partial charge is 0.394 e. The highest BCUT2D eigenvalue weighted by Crippen LogP contribution is 2.22. The molecule has 5 heteroatoms. The Bertz CT molecular complexity index is 756. The second-order valence-corrected chi connectivity index (χ2v) is 12.6. The lowest BCUT2D eigenvalue weighted by Crippen LogP contribution is -2.57. The van der Waals surface area contributed by atoms with Crippen LogP contribution in [0.3, 0.4) is 0 Å². The summed E-state index contributed by atoms with van der Waals surface area (Å²) < 4.78 is 0. The first-order valence-electron chi connectivity index (χ1n) is 18.5. The highest BCUT2D eigenvalue weighted by Gasteiger charge is 2.48. The molecule has 3 N–H and O–H groups in total. The molecule has 0 saturated heterocycles. The molecule has 0 aromatic heterocycles. The van der Waals surface area contributed by atoms with Gasteiger partial charge in [-0.25, -0.2) is 0 Å². The highest BCUT2D eigenvalue weighted by atomic mass is 16.4. The first kappa shape index (κ1) is 42.4. The van der Waals surface area contributed by atoms with Crippen molar-refractivity contribution in [2.24, 2.45) is 0 Å². The molecule has 2 atom stereocenters. The summed E-state index contributed by atoms with van der Waals surface area (Å²) in [6.45, 7) is 3.65. The van der Waals surface area contributed by atoms with Gasteiger partial charge in [-0.1, -0.05) is 134 Å². The van der Waals surface area contributed by atoms with Crippen molar-refractivity contribution < 1.29 is 24.9 Å². The molecule has 0 heterocycles. The molecule has 0 aliphatic carbocycles. The molecule has 44 heavy (non-hydrogen) atoms. The van der Waals surface area contributed by atoms with Crippen molar-refractivity contribution in [2.75, 3.05) is 6.61 Å². The van der Waals surface area contributed by atoms with Crippen molar-refractivity contribution >= 4 is 11.6 Å². The van der Waals surface area contributed by atoms with E-state index in [-0.39, 0.29) is 12.8 Å². The van der Waals surface area contributed by atoms with Crippen LogP contribution < -0.4 is 0 Å². The number of carbonyl (C=O) groups is 2. The summed E-state index contributed by atoms with van der Waals surface area (Å²) in [6.07, 6.45) is 38.3. The van der Waals surface area contributed by atoms with E-state index in [0.717, 1.165) is 70.6 Å². The van der Waals surface area contributed by atoms with Crippen molar-refractivity contribution in [2.45, 2.75) is 192 Å². The van der Waals surface area contributed by atoms with Crippen LogP contribution in [-0.4, -0.2) is 45.2 Å². The molecule has 0 saturated carbocycles. The third-order valence-electron chi connectivity index (χ3n) is 8.53. The summed E-state index contributed by atoms with van der Waals surface area (Å²) in [6, 6.07) is 0. The predicted molar refractivity (Wildman–Crippen MR) is 187 cm³/mol. The minimum Gasteiger partial charge on any atom is -0.394 e. The molecular formula is C39H70O5. The number of hydrogen-bond donors (Lipinski definition) is 3. The fourth-order valence-electron chi connectivity index (χ4n) is 5.49. The van der Waals surface area contributed by atoms with Gasteiger partial charge < -0.3 is 15.3 Å². The lowest BCUT2D eigenvalue weighted by Gasteiger charge is -2.29. The fraction of sp³-hybridized carbons (Fsp3) is 0.795. The van der Waals surface area contributed by atoms with E-state index < -0.39 is 29.9 Å². The molecule has 256 valence electrons. The monoisotopic (exact) mass is 619 g/mol. The standard InChI is InChI=1S/C39H70O5/c1-3-5-7-9-11-13-15-17-19-21-23-25-27-29-31-33-36(41)39(44,38(43)35-40)37(42)34-32-30-28-26-24-22-20-18-16-14-12-10-8-6-4-2/h11,13,17-20,38,40,43-44H,3-10,12,14-16,21-35H2,1-2H3/b13-11-,19-17-,20-18-. The molecule has 0 aromatic carbocycles. The van der Waals surface area contributed by atoms with Crippen LogP contribution in [0.15, 0.2) is 36.5 Å². The Labute approximate surface area is 271 Å². The van der Waals surface area contributed by atoms with Gasteiger partial charge in [0.2, 0.25) is 5.60 Å².